The van der Waals surface area contributed by atoms with E-state index in [-0.39, 0.29) is 6.61 Å². The zero-order valence-corrected chi connectivity index (χ0v) is 13.9. The van der Waals surface area contributed by atoms with Crippen LogP contribution in [0, 0.1) is 0 Å². The van der Waals surface area contributed by atoms with Crippen LogP contribution in [0.15, 0.2) is 0 Å². The van der Waals surface area contributed by atoms with E-state index in [1.165, 1.54) is 0 Å². The molecule has 4 nitrogen and oxygen atoms in total. The molecular weight excluding hydrogens is 401 g/mol. The number of nitrogens with zero attached hydrogens (tertiary/aromatic N) is 1. The van der Waals surface area contributed by atoms with Crippen molar-refractivity contribution < 1.29 is 53.7 Å². The van der Waals surface area contributed by atoms with Crippen LogP contribution in [-0.4, -0.2) is 87.1 Å². The fourth-order valence-corrected chi connectivity index (χ4v) is 2.25. The lowest BCUT2D eigenvalue weighted by molar-refractivity contribution is -0.397. The number of hydrogen-bond donors (Lipinski definition) is 0. The summed E-state index contributed by atoms with van der Waals surface area (Å²) in [6, 6.07) is 0. The Balaban J connectivity index is 0.000000219. The van der Waals surface area contributed by atoms with Gasteiger partial charge in [0.15, 0.2) is 0 Å². The molecule has 0 N–H and O–H groups in total. The Bertz CT molecular complexity index is 487. The summed E-state index contributed by atoms with van der Waals surface area (Å²) in [6.45, 7) is 5.67. The van der Waals surface area contributed by atoms with Crippen LogP contribution in [0.1, 0.15) is 6.42 Å². The minimum Gasteiger partial charge on any atom is -0.379 e. The van der Waals surface area contributed by atoms with Gasteiger partial charge in [-0.2, -0.15) is 39.5 Å². The molecule has 3 saturated heterocycles. The molecule has 3 rings (SSSR count). The molecule has 0 radical (unpaired) electrons. The Hall–Kier alpha value is -0.790. The van der Waals surface area contributed by atoms with Crippen LogP contribution >= 0.6 is 0 Å². The molecule has 0 saturated carbocycles. The van der Waals surface area contributed by atoms with Gasteiger partial charge in [-0.3, -0.25) is 4.90 Å². The van der Waals surface area contributed by atoms with Crippen LogP contribution in [-0.2, 0) is 14.2 Å². The average Bonchev–Trinajstić information content (AvgIpc) is 3.45. The van der Waals surface area contributed by atoms with Crippen LogP contribution in [0.3, 0.4) is 0 Å². The first kappa shape index (κ1) is 22.5. The Morgan fingerprint density at radius 1 is 0.741 bits per heavy atom. The molecule has 0 aromatic carbocycles. The van der Waals surface area contributed by atoms with Crippen LogP contribution in [0.5, 0.6) is 0 Å². The molecule has 3 aliphatic rings. The fourth-order valence-electron chi connectivity index (χ4n) is 2.25. The third-order valence-corrected chi connectivity index (χ3v) is 4.06. The van der Waals surface area contributed by atoms with E-state index in [1.54, 1.807) is 0 Å². The van der Waals surface area contributed by atoms with E-state index in [2.05, 4.69) is 9.64 Å². The molecule has 0 bridgehead atoms. The van der Waals surface area contributed by atoms with Gasteiger partial charge in [0, 0.05) is 26.1 Å². The third-order valence-electron chi connectivity index (χ3n) is 4.06. The van der Waals surface area contributed by atoms with E-state index in [9.17, 15) is 39.5 Å². The lowest BCUT2D eigenvalue weighted by Gasteiger charge is -2.33. The van der Waals surface area contributed by atoms with Crippen molar-refractivity contribution in [3.8, 4) is 0 Å². The van der Waals surface area contributed by atoms with Crippen molar-refractivity contribution in [1.29, 1.82) is 0 Å². The molecule has 0 aliphatic carbocycles. The summed E-state index contributed by atoms with van der Waals surface area (Å²) in [5.74, 6) is -18.8. The first-order chi connectivity index (χ1) is 12.3. The SMILES string of the molecule is C1CN(CC2CO2)CCO1.FC(F)(F)C(F)(F)C(F)(F)C(F)(F)CC1CO1. The van der Waals surface area contributed by atoms with Crippen molar-refractivity contribution in [3.63, 3.8) is 0 Å². The highest BCUT2D eigenvalue weighted by atomic mass is 19.4. The molecule has 3 fully saturated rings. The molecular formula is C14H18F9NO3. The summed E-state index contributed by atoms with van der Waals surface area (Å²) >= 11 is 0. The number of alkyl halides is 9. The summed E-state index contributed by atoms with van der Waals surface area (Å²) in [5, 5.41) is 0. The van der Waals surface area contributed by atoms with Crippen molar-refractivity contribution in [3.05, 3.63) is 0 Å². The molecule has 3 aliphatic heterocycles. The molecule has 27 heavy (non-hydrogen) atoms. The van der Waals surface area contributed by atoms with Crippen molar-refractivity contribution in [2.45, 2.75) is 42.6 Å². The second-order valence-corrected chi connectivity index (χ2v) is 6.38. The van der Waals surface area contributed by atoms with Gasteiger partial charge in [-0.05, 0) is 0 Å². The fraction of sp³-hybridized carbons (Fsp3) is 1.00. The topological polar surface area (TPSA) is 37.5 Å². The number of hydrogen-bond acceptors (Lipinski definition) is 4. The van der Waals surface area contributed by atoms with E-state index in [1.807, 2.05) is 0 Å². The normalized spacial score (nSPS) is 27.0. The molecule has 3 heterocycles. The number of morpholine rings is 1. The zero-order valence-electron chi connectivity index (χ0n) is 13.9. The third kappa shape index (κ3) is 5.61. The molecule has 160 valence electrons. The van der Waals surface area contributed by atoms with Gasteiger partial charge in [0.1, 0.15) is 0 Å². The molecule has 0 spiro atoms. The van der Waals surface area contributed by atoms with E-state index in [4.69, 9.17) is 9.47 Å². The van der Waals surface area contributed by atoms with Gasteiger partial charge in [0.05, 0.1) is 38.6 Å². The maximum atomic E-state index is 12.7. The van der Waals surface area contributed by atoms with E-state index in [0.29, 0.717) is 6.10 Å². The predicted molar refractivity (Wildman–Crippen MR) is 72.3 cm³/mol. The predicted octanol–water partition coefficient (Wildman–Crippen LogP) is 2.96. The van der Waals surface area contributed by atoms with E-state index < -0.39 is 36.5 Å². The molecule has 0 aromatic heterocycles. The van der Waals surface area contributed by atoms with Gasteiger partial charge >= 0.3 is 23.9 Å². The average molecular weight is 419 g/mol. The highest BCUT2D eigenvalue weighted by molar-refractivity contribution is 5.02. The summed E-state index contributed by atoms with van der Waals surface area (Å²) in [5.41, 5.74) is 0. The minimum atomic E-state index is -6.81. The van der Waals surface area contributed by atoms with Gasteiger partial charge in [-0.15, -0.1) is 0 Å². The van der Waals surface area contributed by atoms with Gasteiger partial charge in [-0.1, -0.05) is 0 Å². The molecule has 0 amide bonds. The molecule has 2 atom stereocenters. The van der Waals surface area contributed by atoms with Crippen LogP contribution in [0.25, 0.3) is 0 Å². The van der Waals surface area contributed by atoms with Gasteiger partial charge in [0.25, 0.3) is 0 Å². The first-order valence-corrected chi connectivity index (χ1v) is 8.01. The Morgan fingerprint density at radius 2 is 1.22 bits per heavy atom. The van der Waals surface area contributed by atoms with E-state index in [0.717, 1.165) is 39.5 Å². The number of halogens is 9. The smallest absolute Gasteiger partial charge is 0.379 e. The van der Waals surface area contributed by atoms with Gasteiger partial charge in [-0.25, -0.2) is 0 Å². The second-order valence-electron chi connectivity index (χ2n) is 6.38. The highest BCUT2D eigenvalue weighted by Crippen LogP contribution is 2.54. The Morgan fingerprint density at radius 3 is 1.63 bits per heavy atom. The standard InChI is InChI=1S/C7H5F9O.C7H13NO2/c8-4(9,1-3-2-17-3)5(10,11)6(12,13)7(14,15)16;1-3-9-4-2-8(1)5-7-6-10-7/h3H,1-2H2;7H,1-6H2. The second kappa shape index (κ2) is 7.91. The lowest BCUT2D eigenvalue weighted by Crippen LogP contribution is -2.61. The maximum absolute atomic E-state index is 12.7. The van der Waals surface area contributed by atoms with Crippen molar-refractivity contribution >= 4 is 0 Å². The minimum absolute atomic E-state index is 0.372. The number of ether oxygens (including phenoxy) is 3. The van der Waals surface area contributed by atoms with E-state index >= 15 is 0 Å². The summed E-state index contributed by atoms with van der Waals surface area (Å²) in [4.78, 5) is 2.40. The first-order valence-electron chi connectivity index (χ1n) is 8.01. The molecule has 13 heteroatoms. The molecule has 2 unspecified atom stereocenters. The van der Waals surface area contributed by atoms with Crippen LogP contribution < -0.4 is 0 Å². The maximum Gasteiger partial charge on any atom is 0.460 e. The number of rotatable bonds is 6. The van der Waals surface area contributed by atoms with Crippen LogP contribution in [0.2, 0.25) is 0 Å². The van der Waals surface area contributed by atoms with Crippen molar-refractivity contribution in [2.75, 3.05) is 46.1 Å². The Labute approximate surface area is 148 Å². The summed E-state index contributed by atoms with van der Waals surface area (Å²) in [7, 11) is 0. The highest BCUT2D eigenvalue weighted by Gasteiger charge is 2.81. The molecule has 0 aromatic rings. The monoisotopic (exact) mass is 419 g/mol. The largest absolute Gasteiger partial charge is 0.460 e. The number of epoxide rings is 2. The van der Waals surface area contributed by atoms with Gasteiger partial charge < -0.3 is 14.2 Å². The Kier molecular flexibility index (Phi) is 6.59. The zero-order chi connectivity index (χ0) is 20.5. The lowest BCUT2D eigenvalue weighted by atomic mass is 10.00. The summed E-state index contributed by atoms with van der Waals surface area (Å²) in [6.07, 6.45) is -9.52. The quantitative estimate of drug-likeness (QED) is 0.490. The van der Waals surface area contributed by atoms with Crippen molar-refractivity contribution in [2.24, 2.45) is 0 Å². The van der Waals surface area contributed by atoms with Crippen LogP contribution in [0.4, 0.5) is 39.5 Å². The summed E-state index contributed by atoms with van der Waals surface area (Å²) < 4.78 is 124. The van der Waals surface area contributed by atoms with Gasteiger partial charge in [0.2, 0.25) is 0 Å². The van der Waals surface area contributed by atoms with Crippen molar-refractivity contribution in [1.82, 2.24) is 4.90 Å².